The van der Waals surface area contributed by atoms with Crippen molar-refractivity contribution in [3.8, 4) is 5.82 Å². The fourth-order valence-electron chi connectivity index (χ4n) is 3.02. The van der Waals surface area contributed by atoms with E-state index in [1.54, 1.807) is 36.0 Å². The van der Waals surface area contributed by atoms with E-state index in [4.69, 9.17) is 11.6 Å². The van der Waals surface area contributed by atoms with Crippen molar-refractivity contribution in [1.82, 2.24) is 14.3 Å². The van der Waals surface area contributed by atoms with E-state index in [9.17, 15) is 22.4 Å². The van der Waals surface area contributed by atoms with Crippen LogP contribution < -0.4 is 20.9 Å². The van der Waals surface area contributed by atoms with Crippen LogP contribution in [0.25, 0.3) is 16.6 Å². The zero-order chi connectivity index (χ0) is 23.8. The molecule has 0 saturated heterocycles. The molecule has 170 valence electrons. The molecule has 13 heteroatoms. The second-order valence-corrected chi connectivity index (χ2v) is 10.3. The number of rotatable bonds is 5. The number of urea groups is 1. The molecule has 4 aromatic rings. The van der Waals surface area contributed by atoms with Gasteiger partial charge < -0.3 is 10.6 Å². The van der Waals surface area contributed by atoms with Crippen LogP contribution in [-0.4, -0.2) is 31.0 Å². The minimum atomic E-state index is -4.14. The molecule has 0 bridgehead atoms. The number of carbonyl (C=O) groups is 1. The summed E-state index contributed by atoms with van der Waals surface area (Å²) < 4.78 is 42.1. The number of aromatic nitrogens is 2. The number of benzene rings is 1. The van der Waals surface area contributed by atoms with Gasteiger partial charge in [0.1, 0.15) is 4.21 Å². The molecule has 0 spiro atoms. The lowest BCUT2D eigenvalue weighted by molar-refractivity contribution is 0.256. The standard InChI is InChI=1S/C20H15ClFN5O4S2/c1-23-12-2-3-14-11(8-12)6-7-27(19(14)28)18-15(22)9-13(10-24-18)25-20(29)26-33(30,31)17-5-4-16(21)32-17/h2-10,23H,1H3,(H2,25,26,29). The highest BCUT2D eigenvalue weighted by Crippen LogP contribution is 2.25. The highest BCUT2D eigenvalue weighted by atomic mass is 35.5. The van der Waals surface area contributed by atoms with Crippen LogP contribution in [0.5, 0.6) is 0 Å². The third-order valence-electron chi connectivity index (χ3n) is 4.54. The molecule has 0 aliphatic rings. The van der Waals surface area contributed by atoms with Crippen LogP contribution in [0.1, 0.15) is 0 Å². The normalized spacial score (nSPS) is 11.4. The summed E-state index contributed by atoms with van der Waals surface area (Å²) in [4.78, 5) is 28.8. The van der Waals surface area contributed by atoms with Crippen molar-refractivity contribution in [2.75, 3.05) is 17.7 Å². The fraction of sp³-hybridized carbons (Fsp3) is 0.0500. The maximum Gasteiger partial charge on any atom is 0.333 e. The largest absolute Gasteiger partial charge is 0.388 e. The third kappa shape index (κ3) is 4.67. The molecule has 0 fully saturated rings. The van der Waals surface area contributed by atoms with E-state index < -0.39 is 27.4 Å². The molecule has 9 nitrogen and oxygen atoms in total. The van der Waals surface area contributed by atoms with Gasteiger partial charge in [-0.05, 0) is 41.8 Å². The van der Waals surface area contributed by atoms with E-state index in [-0.39, 0.29) is 20.1 Å². The molecule has 0 radical (unpaired) electrons. The minimum absolute atomic E-state index is 0.110. The maximum atomic E-state index is 14.8. The Morgan fingerprint density at radius 3 is 2.61 bits per heavy atom. The molecule has 33 heavy (non-hydrogen) atoms. The number of nitrogens with zero attached hydrogens (tertiary/aromatic N) is 2. The minimum Gasteiger partial charge on any atom is -0.388 e. The SMILES string of the molecule is CNc1ccc2c(=O)n(-c3ncc(NC(=O)NS(=O)(=O)c4ccc(Cl)s4)cc3F)ccc2c1. The summed E-state index contributed by atoms with van der Waals surface area (Å²) in [7, 11) is -2.39. The van der Waals surface area contributed by atoms with Crippen molar-refractivity contribution in [1.29, 1.82) is 0 Å². The zero-order valence-electron chi connectivity index (χ0n) is 16.8. The van der Waals surface area contributed by atoms with Gasteiger partial charge in [-0.25, -0.2) is 27.3 Å². The number of thiophene rings is 1. The van der Waals surface area contributed by atoms with Gasteiger partial charge in [0, 0.05) is 30.4 Å². The number of fused-ring (bicyclic) bond motifs is 1. The topological polar surface area (TPSA) is 122 Å². The Balaban J connectivity index is 1.57. The van der Waals surface area contributed by atoms with Gasteiger partial charge in [0.15, 0.2) is 11.6 Å². The number of hydrogen-bond acceptors (Lipinski definition) is 7. The van der Waals surface area contributed by atoms with Crippen molar-refractivity contribution in [2.45, 2.75) is 4.21 Å². The Kier molecular flexibility index (Phi) is 6.06. The molecule has 1 aromatic carbocycles. The number of amides is 2. The van der Waals surface area contributed by atoms with E-state index >= 15 is 0 Å². The van der Waals surface area contributed by atoms with E-state index in [2.05, 4.69) is 15.6 Å². The number of anilines is 2. The molecule has 2 amide bonds. The van der Waals surface area contributed by atoms with E-state index in [0.29, 0.717) is 10.8 Å². The van der Waals surface area contributed by atoms with E-state index in [1.165, 1.54) is 18.3 Å². The monoisotopic (exact) mass is 507 g/mol. The lowest BCUT2D eigenvalue weighted by Gasteiger charge is -2.11. The van der Waals surface area contributed by atoms with Gasteiger partial charge in [0.2, 0.25) is 0 Å². The Hall–Kier alpha value is -3.48. The van der Waals surface area contributed by atoms with Crippen molar-refractivity contribution in [2.24, 2.45) is 0 Å². The number of halogens is 2. The van der Waals surface area contributed by atoms with Crippen LogP contribution in [0.2, 0.25) is 4.34 Å². The first-order chi connectivity index (χ1) is 15.7. The summed E-state index contributed by atoms with van der Waals surface area (Å²) in [6, 6.07) is 9.23. The predicted molar refractivity (Wildman–Crippen MR) is 126 cm³/mol. The van der Waals surface area contributed by atoms with Gasteiger partial charge in [-0.2, -0.15) is 0 Å². The summed E-state index contributed by atoms with van der Waals surface area (Å²) in [6.07, 6.45) is 2.50. The van der Waals surface area contributed by atoms with E-state index in [0.717, 1.165) is 33.9 Å². The van der Waals surface area contributed by atoms with Crippen molar-refractivity contribution in [3.63, 3.8) is 0 Å². The Bertz CT molecular complexity index is 1550. The van der Waals surface area contributed by atoms with Gasteiger partial charge in [0.25, 0.3) is 15.6 Å². The first kappa shape index (κ1) is 22.7. The average Bonchev–Trinajstić information content (AvgIpc) is 3.21. The Morgan fingerprint density at radius 2 is 1.94 bits per heavy atom. The van der Waals surface area contributed by atoms with Crippen LogP contribution >= 0.6 is 22.9 Å². The number of sulfonamides is 1. The van der Waals surface area contributed by atoms with Crippen molar-refractivity contribution in [3.05, 3.63) is 75.4 Å². The van der Waals surface area contributed by atoms with Gasteiger partial charge >= 0.3 is 6.03 Å². The predicted octanol–water partition coefficient (Wildman–Crippen LogP) is 3.79. The Morgan fingerprint density at radius 1 is 1.15 bits per heavy atom. The molecule has 3 N–H and O–H groups in total. The lowest BCUT2D eigenvalue weighted by Crippen LogP contribution is -2.34. The third-order valence-corrected chi connectivity index (χ3v) is 7.59. The molecule has 0 atom stereocenters. The number of hydrogen-bond donors (Lipinski definition) is 3. The molecule has 0 aliphatic heterocycles. The summed E-state index contributed by atoms with van der Waals surface area (Å²) in [6.45, 7) is 0. The fourth-order valence-corrected chi connectivity index (χ4v) is 5.41. The molecule has 0 unspecified atom stereocenters. The van der Waals surface area contributed by atoms with Crippen molar-refractivity contribution < 1.29 is 17.6 Å². The second-order valence-electron chi connectivity index (χ2n) is 6.69. The van der Waals surface area contributed by atoms with Gasteiger partial charge in [-0.15, -0.1) is 11.3 Å². The molecular formula is C20H15ClFN5O4S2. The molecule has 3 heterocycles. The summed E-state index contributed by atoms with van der Waals surface area (Å²) >= 11 is 6.50. The number of nitrogens with one attached hydrogen (secondary N) is 3. The van der Waals surface area contributed by atoms with Crippen LogP contribution in [0.4, 0.5) is 20.6 Å². The van der Waals surface area contributed by atoms with Crippen molar-refractivity contribution >= 4 is 61.1 Å². The Labute approximate surface area is 195 Å². The summed E-state index contributed by atoms with van der Waals surface area (Å²) in [5.74, 6) is -1.17. The summed E-state index contributed by atoms with van der Waals surface area (Å²) in [5.41, 5.74) is 0.239. The zero-order valence-corrected chi connectivity index (χ0v) is 19.2. The number of carbonyl (C=O) groups excluding carboxylic acids is 1. The number of pyridine rings is 2. The highest BCUT2D eigenvalue weighted by molar-refractivity contribution is 7.92. The average molecular weight is 508 g/mol. The molecule has 0 saturated carbocycles. The van der Waals surface area contributed by atoms with Crippen LogP contribution in [0.3, 0.4) is 0 Å². The van der Waals surface area contributed by atoms with Crippen LogP contribution in [0, 0.1) is 5.82 Å². The first-order valence-electron chi connectivity index (χ1n) is 9.26. The lowest BCUT2D eigenvalue weighted by atomic mass is 10.1. The quantitative estimate of drug-likeness (QED) is 0.378. The molecule has 3 aromatic heterocycles. The van der Waals surface area contributed by atoms with Gasteiger partial charge in [0.05, 0.1) is 16.2 Å². The van der Waals surface area contributed by atoms with Gasteiger partial charge in [-0.3, -0.25) is 9.36 Å². The summed E-state index contributed by atoms with van der Waals surface area (Å²) in [5, 5.41) is 6.22. The molecule has 4 rings (SSSR count). The van der Waals surface area contributed by atoms with E-state index in [1.807, 2.05) is 0 Å². The first-order valence-corrected chi connectivity index (χ1v) is 11.9. The highest BCUT2D eigenvalue weighted by Gasteiger charge is 2.20. The maximum absolute atomic E-state index is 14.8. The van der Waals surface area contributed by atoms with Crippen LogP contribution in [0.15, 0.2) is 63.9 Å². The molecule has 0 aliphatic carbocycles. The van der Waals surface area contributed by atoms with Crippen LogP contribution in [-0.2, 0) is 10.0 Å². The smallest absolute Gasteiger partial charge is 0.333 e. The second kappa shape index (κ2) is 8.81. The van der Waals surface area contributed by atoms with Gasteiger partial charge in [-0.1, -0.05) is 11.6 Å². The molecular weight excluding hydrogens is 493 g/mol.